The van der Waals surface area contributed by atoms with Gasteiger partial charge in [-0.25, -0.2) is 29.9 Å². The number of nitrogens with two attached hydrogens (primary N) is 3. The van der Waals surface area contributed by atoms with Gasteiger partial charge in [0.05, 0.1) is 0 Å². The van der Waals surface area contributed by atoms with Crippen molar-refractivity contribution in [2.24, 2.45) is 17.6 Å². The van der Waals surface area contributed by atoms with E-state index >= 15 is 0 Å². The number of carbonyl (C=O) groups excluding carboxylic acids is 2. The first-order valence-corrected chi connectivity index (χ1v) is 20.9. The Morgan fingerprint density at radius 1 is 0.645 bits per heavy atom. The van der Waals surface area contributed by atoms with Crippen molar-refractivity contribution < 1.29 is 9.59 Å². The molecule has 0 aliphatic carbocycles. The van der Waals surface area contributed by atoms with E-state index in [1.165, 1.54) is 38.3 Å². The summed E-state index contributed by atoms with van der Waals surface area (Å²) in [4.78, 5) is 54.0. The molecule has 0 unspecified atom stereocenters. The van der Waals surface area contributed by atoms with Crippen LogP contribution in [0.4, 0.5) is 17.5 Å². The number of fused-ring (bicyclic) bond motifs is 2. The molecule has 16 nitrogen and oxygen atoms in total. The SMILES string of the molecule is C.CN1CCC(CN)CC1.CN1CCC(CNc2nccnc2C(=O)NCc2ccc3c(N)nccc3c2)CC1.Nc1nccc2cc(CNC(=O)c3nccnc3Cl)ccc12. The number of piperidine rings is 2. The Bertz CT molecular complexity index is 2390. The quantitative estimate of drug-likeness (QED) is 0.101. The third kappa shape index (κ3) is 13.2. The van der Waals surface area contributed by atoms with Crippen LogP contribution in [0.3, 0.4) is 0 Å². The molecular weight excluding hydrogens is 804 g/mol. The van der Waals surface area contributed by atoms with Crippen molar-refractivity contribution in [1.29, 1.82) is 0 Å². The lowest BCUT2D eigenvalue weighted by Crippen LogP contribution is -2.33. The Morgan fingerprint density at radius 3 is 1.63 bits per heavy atom. The summed E-state index contributed by atoms with van der Waals surface area (Å²) in [5, 5.41) is 12.9. The van der Waals surface area contributed by atoms with Crippen LogP contribution in [0.1, 0.15) is 65.2 Å². The second-order valence-corrected chi connectivity index (χ2v) is 15.8. The van der Waals surface area contributed by atoms with Gasteiger partial charge in [-0.2, -0.15) is 0 Å². The number of carbonyl (C=O) groups is 2. The largest absolute Gasteiger partial charge is 0.383 e. The molecule has 0 radical (unpaired) electrons. The van der Waals surface area contributed by atoms with Crippen LogP contribution in [-0.2, 0) is 13.1 Å². The topological polar surface area (TPSA) is 232 Å². The number of nitrogen functional groups attached to an aromatic ring is 2. The van der Waals surface area contributed by atoms with E-state index in [2.05, 4.69) is 69.7 Å². The number of nitrogens with zero attached hydrogens (tertiary/aromatic N) is 8. The van der Waals surface area contributed by atoms with Gasteiger partial charge in [0.2, 0.25) is 0 Å². The standard InChI is InChI=1S/C22H27N7O.C15H12ClN5O.C7H16N2.CH4/c1-29-10-5-15(6-11-29)13-27-21-19(24-8-9-26-21)22(30)28-14-16-2-3-18-17(12-16)4-7-25-20(18)23;16-13-12(18-5-6-19-13)15(22)21-8-9-1-2-11-10(7-9)3-4-20-14(11)17;1-9-4-2-7(6-8)3-5-9;/h2-4,7-9,12,15H,5-6,10-11,13-14H2,1H3,(H2,23,25)(H,26,27)(H,28,30);1-7H,8H2,(H2,17,20)(H,21,22);7H,2-6,8H2,1H3;1H4. The molecule has 2 amide bonds. The first-order chi connectivity index (χ1) is 29.6. The van der Waals surface area contributed by atoms with Gasteiger partial charge in [-0.1, -0.05) is 43.3 Å². The Hall–Kier alpha value is -6.07. The Balaban J connectivity index is 0.000000198. The van der Waals surface area contributed by atoms with E-state index in [9.17, 15) is 9.59 Å². The number of aromatic nitrogens is 6. The summed E-state index contributed by atoms with van der Waals surface area (Å²) in [6.07, 6.45) is 14.2. The maximum absolute atomic E-state index is 12.8. The van der Waals surface area contributed by atoms with E-state index in [0.717, 1.165) is 77.6 Å². The number of anilines is 3. The van der Waals surface area contributed by atoms with Crippen LogP contribution in [0.25, 0.3) is 21.5 Å². The van der Waals surface area contributed by atoms with E-state index in [4.69, 9.17) is 28.8 Å². The molecule has 0 atom stereocenters. The molecule has 2 aromatic carbocycles. The average Bonchev–Trinajstić information content (AvgIpc) is 3.28. The molecule has 9 N–H and O–H groups in total. The van der Waals surface area contributed by atoms with Crippen LogP contribution < -0.4 is 33.2 Å². The van der Waals surface area contributed by atoms with Crippen molar-refractivity contribution in [1.82, 2.24) is 50.3 Å². The average molecular weight is 864 g/mol. The molecular formula is C45H59ClN14O2. The minimum absolute atomic E-state index is 0. The first-order valence-electron chi connectivity index (χ1n) is 20.5. The molecule has 8 rings (SSSR count). The maximum Gasteiger partial charge on any atom is 0.273 e. The van der Waals surface area contributed by atoms with Crippen LogP contribution in [-0.4, -0.2) is 105 Å². The molecule has 6 heterocycles. The van der Waals surface area contributed by atoms with Gasteiger partial charge < -0.3 is 43.0 Å². The highest BCUT2D eigenvalue weighted by Gasteiger charge is 2.20. The van der Waals surface area contributed by atoms with Crippen LogP contribution in [0.15, 0.2) is 85.7 Å². The van der Waals surface area contributed by atoms with Gasteiger partial charge >= 0.3 is 0 Å². The van der Waals surface area contributed by atoms with Gasteiger partial charge in [0.15, 0.2) is 22.4 Å². The van der Waals surface area contributed by atoms with Crippen LogP contribution in [0.2, 0.25) is 5.15 Å². The van der Waals surface area contributed by atoms with Crippen LogP contribution >= 0.6 is 11.6 Å². The fraction of sp³-hybridized carbons (Fsp3) is 0.378. The number of rotatable bonds is 10. The summed E-state index contributed by atoms with van der Waals surface area (Å²) in [7, 11) is 4.32. The van der Waals surface area contributed by atoms with E-state index in [1.54, 1.807) is 24.8 Å². The number of pyridine rings is 2. The Morgan fingerprint density at radius 2 is 1.11 bits per heavy atom. The van der Waals surface area contributed by atoms with Crippen LogP contribution in [0, 0.1) is 11.8 Å². The third-order valence-corrected chi connectivity index (χ3v) is 11.3. The molecule has 17 heteroatoms. The number of nitrogens with one attached hydrogen (secondary N) is 3. The molecule has 62 heavy (non-hydrogen) atoms. The molecule has 2 fully saturated rings. The predicted molar refractivity (Wildman–Crippen MR) is 248 cm³/mol. The molecule has 4 aromatic heterocycles. The number of amides is 2. The normalized spacial score (nSPS) is 14.7. The third-order valence-electron chi connectivity index (χ3n) is 11.0. The lowest BCUT2D eigenvalue weighted by Gasteiger charge is -2.29. The summed E-state index contributed by atoms with van der Waals surface area (Å²) >= 11 is 5.84. The number of benzene rings is 2. The maximum atomic E-state index is 12.8. The van der Waals surface area contributed by atoms with Crippen molar-refractivity contribution in [2.45, 2.75) is 46.2 Å². The minimum Gasteiger partial charge on any atom is -0.383 e. The summed E-state index contributed by atoms with van der Waals surface area (Å²) < 4.78 is 0. The highest BCUT2D eigenvalue weighted by Crippen LogP contribution is 2.22. The monoisotopic (exact) mass is 862 g/mol. The van der Waals surface area contributed by atoms with Crippen molar-refractivity contribution in [3.05, 3.63) is 113 Å². The lowest BCUT2D eigenvalue weighted by atomic mass is 9.97. The second kappa shape index (κ2) is 23.2. The van der Waals surface area contributed by atoms with E-state index in [1.807, 2.05) is 48.5 Å². The van der Waals surface area contributed by atoms with Gasteiger partial charge in [0.1, 0.15) is 11.6 Å². The zero-order valence-corrected chi connectivity index (χ0v) is 35.5. The molecule has 2 saturated heterocycles. The first kappa shape index (κ1) is 47.0. The number of likely N-dealkylation sites (tertiary alicyclic amines) is 2. The molecule has 0 spiro atoms. The fourth-order valence-electron chi connectivity index (χ4n) is 7.17. The van der Waals surface area contributed by atoms with E-state index in [-0.39, 0.29) is 30.1 Å². The molecule has 0 saturated carbocycles. The molecule has 328 valence electrons. The smallest absolute Gasteiger partial charge is 0.273 e. The molecule has 2 aliphatic rings. The number of halogens is 1. The molecule has 6 aromatic rings. The van der Waals surface area contributed by atoms with Gasteiger partial charge in [-0.15, -0.1) is 0 Å². The van der Waals surface area contributed by atoms with Crippen molar-refractivity contribution in [2.75, 3.05) is 70.1 Å². The summed E-state index contributed by atoms with van der Waals surface area (Å²) in [6, 6.07) is 15.4. The second-order valence-electron chi connectivity index (χ2n) is 15.4. The summed E-state index contributed by atoms with van der Waals surface area (Å²) in [5.74, 6) is 2.30. The number of hydrogen-bond donors (Lipinski definition) is 6. The van der Waals surface area contributed by atoms with Crippen LogP contribution in [0.5, 0.6) is 0 Å². The van der Waals surface area contributed by atoms with Crippen molar-refractivity contribution in [3.63, 3.8) is 0 Å². The van der Waals surface area contributed by atoms with Crippen molar-refractivity contribution >= 4 is 62.4 Å². The molecule has 2 aliphatic heterocycles. The predicted octanol–water partition coefficient (Wildman–Crippen LogP) is 5.40. The summed E-state index contributed by atoms with van der Waals surface area (Å²) in [5.41, 5.74) is 19.6. The van der Waals surface area contributed by atoms with Gasteiger partial charge in [-0.05, 0) is 131 Å². The zero-order chi connectivity index (χ0) is 43.1. The van der Waals surface area contributed by atoms with Gasteiger partial charge in [0.25, 0.3) is 11.8 Å². The summed E-state index contributed by atoms with van der Waals surface area (Å²) in [6.45, 7) is 7.11. The highest BCUT2D eigenvalue weighted by molar-refractivity contribution is 6.32. The Kier molecular flexibility index (Phi) is 17.6. The van der Waals surface area contributed by atoms with E-state index < -0.39 is 0 Å². The van der Waals surface area contributed by atoms with Crippen molar-refractivity contribution in [3.8, 4) is 0 Å². The Labute approximate surface area is 368 Å². The number of hydrogen-bond acceptors (Lipinski definition) is 14. The lowest BCUT2D eigenvalue weighted by molar-refractivity contribution is 0.0938. The van der Waals surface area contributed by atoms with Gasteiger partial charge in [-0.3, -0.25) is 9.59 Å². The van der Waals surface area contributed by atoms with Gasteiger partial charge in [0, 0.05) is 67.6 Å². The highest BCUT2D eigenvalue weighted by atomic mass is 35.5. The fourth-order valence-corrected chi connectivity index (χ4v) is 7.36. The minimum atomic E-state index is -0.368. The molecule has 0 bridgehead atoms. The van der Waals surface area contributed by atoms with E-state index in [0.29, 0.717) is 42.2 Å². The zero-order valence-electron chi connectivity index (χ0n) is 34.7.